The number of benzene rings is 1. The van der Waals surface area contributed by atoms with Gasteiger partial charge in [-0.15, -0.1) is 0 Å². The fourth-order valence-corrected chi connectivity index (χ4v) is 3.43. The lowest BCUT2D eigenvalue weighted by Gasteiger charge is -2.17. The Morgan fingerprint density at radius 2 is 1.88 bits per heavy atom. The van der Waals surface area contributed by atoms with Gasteiger partial charge in [0.2, 0.25) is 0 Å². The first-order chi connectivity index (χ1) is 11.9. The monoisotopic (exact) mass is 335 g/mol. The van der Waals surface area contributed by atoms with E-state index in [0.717, 1.165) is 40.1 Å². The van der Waals surface area contributed by atoms with Gasteiger partial charge < -0.3 is 4.90 Å². The van der Waals surface area contributed by atoms with E-state index in [4.69, 9.17) is 4.98 Å². The first kappa shape index (κ1) is 15.6. The lowest BCUT2D eigenvalue weighted by molar-refractivity contribution is 0.229. The number of aromatic nitrogens is 3. The number of likely N-dealkylation sites (N-methyl/N-ethyl adjacent to an activating group) is 1. The number of carbonyl (C=O) groups is 1. The zero-order valence-corrected chi connectivity index (χ0v) is 14.9. The number of rotatable bonds is 2. The van der Waals surface area contributed by atoms with E-state index in [1.54, 1.807) is 14.5 Å². The molecule has 0 atom stereocenters. The molecule has 4 rings (SSSR count). The highest BCUT2D eigenvalue weighted by Gasteiger charge is 2.26. The molecule has 25 heavy (non-hydrogen) atoms. The second-order valence-corrected chi connectivity index (χ2v) is 6.68. The van der Waals surface area contributed by atoms with Crippen LogP contribution >= 0.6 is 0 Å². The van der Waals surface area contributed by atoms with E-state index in [-0.39, 0.29) is 6.03 Å². The highest BCUT2D eigenvalue weighted by molar-refractivity contribution is 5.97. The standard InChI is InChI=1S/C19H21N5O/c1-12-9-17(16-11-23(4)21-13(16)2)20-18-10-14(5-6-15(12)18)24-8-7-22(3)19(24)25/h5-6,9-11H,7-8H2,1-4H3. The number of pyridine rings is 1. The lowest BCUT2D eigenvalue weighted by atomic mass is 10.1. The minimum absolute atomic E-state index is 0.0373. The number of urea groups is 1. The molecule has 3 aromatic rings. The molecule has 0 unspecified atom stereocenters. The molecule has 0 aliphatic carbocycles. The van der Waals surface area contributed by atoms with Gasteiger partial charge in [-0.25, -0.2) is 9.78 Å². The average Bonchev–Trinajstić information content (AvgIpc) is 3.09. The van der Waals surface area contributed by atoms with Crippen LogP contribution in [0.25, 0.3) is 22.2 Å². The summed E-state index contributed by atoms with van der Waals surface area (Å²) in [6, 6.07) is 8.20. The van der Waals surface area contributed by atoms with Crippen molar-refractivity contribution in [2.75, 3.05) is 25.0 Å². The third kappa shape index (κ3) is 2.54. The number of aryl methyl sites for hydroxylation is 3. The van der Waals surface area contributed by atoms with Gasteiger partial charge in [0.1, 0.15) is 0 Å². The Labute approximate surface area is 146 Å². The molecule has 1 fully saturated rings. The molecule has 0 N–H and O–H groups in total. The van der Waals surface area contributed by atoms with Crippen LogP contribution in [0.5, 0.6) is 0 Å². The molecule has 3 heterocycles. The van der Waals surface area contributed by atoms with Crippen molar-refractivity contribution in [3.05, 3.63) is 41.7 Å². The number of hydrogen-bond donors (Lipinski definition) is 0. The van der Waals surface area contributed by atoms with E-state index in [2.05, 4.69) is 24.2 Å². The summed E-state index contributed by atoms with van der Waals surface area (Å²) < 4.78 is 1.81. The highest BCUT2D eigenvalue weighted by atomic mass is 16.2. The molecule has 0 radical (unpaired) electrons. The molecular weight excluding hydrogens is 314 g/mol. The third-order valence-electron chi connectivity index (χ3n) is 4.82. The molecular formula is C19H21N5O. The Morgan fingerprint density at radius 1 is 1.08 bits per heavy atom. The molecule has 6 heteroatoms. The zero-order chi connectivity index (χ0) is 17.7. The van der Waals surface area contributed by atoms with Gasteiger partial charge in [0.05, 0.1) is 16.9 Å². The third-order valence-corrected chi connectivity index (χ3v) is 4.82. The number of anilines is 1. The highest BCUT2D eigenvalue weighted by Crippen LogP contribution is 2.29. The van der Waals surface area contributed by atoms with Crippen LogP contribution in [0.4, 0.5) is 10.5 Å². The minimum atomic E-state index is 0.0373. The largest absolute Gasteiger partial charge is 0.326 e. The fourth-order valence-electron chi connectivity index (χ4n) is 3.43. The van der Waals surface area contributed by atoms with Gasteiger partial charge in [-0.3, -0.25) is 9.58 Å². The topological polar surface area (TPSA) is 54.3 Å². The average molecular weight is 335 g/mol. The predicted molar refractivity (Wildman–Crippen MR) is 98.8 cm³/mol. The number of hydrogen-bond acceptors (Lipinski definition) is 3. The first-order valence-corrected chi connectivity index (χ1v) is 8.38. The summed E-state index contributed by atoms with van der Waals surface area (Å²) in [6.07, 6.45) is 1.99. The van der Waals surface area contributed by atoms with Gasteiger partial charge in [0, 0.05) is 50.0 Å². The van der Waals surface area contributed by atoms with E-state index in [9.17, 15) is 4.79 Å². The van der Waals surface area contributed by atoms with Gasteiger partial charge in [-0.1, -0.05) is 6.07 Å². The Kier molecular flexibility index (Phi) is 3.49. The van der Waals surface area contributed by atoms with Crippen molar-refractivity contribution in [2.24, 2.45) is 7.05 Å². The van der Waals surface area contributed by atoms with Crippen LogP contribution in [0.2, 0.25) is 0 Å². The first-order valence-electron chi connectivity index (χ1n) is 8.38. The number of nitrogens with zero attached hydrogens (tertiary/aromatic N) is 5. The quantitative estimate of drug-likeness (QED) is 0.723. The van der Waals surface area contributed by atoms with Crippen LogP contribution in [-0.2, 0) is 7.05 Å². The molecule has 6 nitrogen and oxygen atoms in total. The van der Waals surface area contributed by atoms with Crippen molar-refractivity contribution in [3.63, 3.8) is 0 Å². The SMILES string of the molecule is Cc1nn(C)cc1-c1cc(C)c2ccc(N3CCN(C)C3=O)cc2n1. The lowest BCUT2D eigenvalue weighted by Crippen LogP contribution is -2.29. The maximum absolute atomic E-state index is 12.3. The summed E-state index contributed by atoms with van der Waals surface area (Å²) in [5, 5.41) is 5.52. The van der Waals surface area contributed by atoms with E-state index >= 15 is 0 Å². The summed E-state index contributed by atoms with van der Waals surface area (Å²) in [5.41, 5.74) is 5.88. The maximum Gasteiger partial charge on any atom is 0.324 e. The molecule has 1 aliphatic rings. The van der Waals surface area contributed by atoms with Crippen molar-refractivity contribution >= 4 is 22.6 Å². The van der Waals surface area contributed by atoms with Crippen molar-refractivity contribution in [3.8, 4) is 11.3 Å². The minimum Gasteiger partial charge on any atom is -0.326 e. The van der Waals surface area contributed by atoms with Crippen LogP contribution in [0.3, 0.4) is 0 Å². The normalized spacial score (nSPS) is 14.8. The van der Waals surface area contributed by atoms with Crippen LogP contribution in [0.15, 0.2) is 30.5 Å². The van der Waals surface area contributed by atoms with Crippen LogP contribution in [-0.4, -0.2) is 45.8 Å². The van der Waals surface area contributed by atoms with Gasteiger partial charge in [-0.05, 0) is 37.6 Å². The van der Waals surface area contributed by atoms with E-state index in [0.29, 0.717) is 6.54 Å². The Bertz CT molecular complexity index is 991. The summed E-state index contributed by atoms with van der Waals surface area (Å²) in [7, 11) is 3.74. The summed E-state index contributed by atoms with van der Waals surface area (Å²) in [4.78, 5) is 20.7. The van der Waals surface area contributed by atoms with Gasteiger partial charge in [0.15, 0.2) is 0 Å². The fraction of sp³-hybridized carbons (Fsp3) is 0.316. The Balaban J connectivity index is 1.84. The van der Waals surface area contributed by atoms with Crippen molar-refractivity contribution in [1.29, 1.82) is 0 Å². The Hall–Kier alpha value is -2.89. The molecule has 1 aromatic carbocycles. The summed E-state index contributed by atoms with van der Waals surface area (Å²) >= 11 is 0. The molecule has 2 amide bonds. The molecule has 128 valence electrons. The van der Waals surface area contributed by atoms with Gasteiger partial charge >= 0.3 is 6.03 Å². The maximum atomic E-state index is 12.3. The predicted octanol–water partition coefficient (Wildman–Crippen LogP) is 3.12. The molecule has 0 bridgehead atoms. The number of amides is 2. The molecule has 1 saturated heterocycles. The van der Waals surface area contributed by atoms with Crippen molar-refractivity contribution in [2.45, 2.75) is 13.8 Å². The van der Waals surface area contributed by atoms with Gasteiger partial charge in [0.25, 0.3) is 0 Å². The van der Waals surface area contributed by atoms with E-state index in [1.165, 1.54) is 5.56 Å². The molecule has 1 aliphatic heterocycles. The summed E-state index contributed by atoms with van der Waals surface area (Å²) in [5.74, 6) is 0. The van der Waals surface area contributed by atoms with Crippen molar-refractivity contribution < 1.29 is 4.79 Å². The zero-order valence-electron chi connectivity index (χ0n) is 14.9. The van der Waals surface area contributed by atoms with Crippen molar-refractivity contribution in [1.82, 2.24) is 19.7 Å². The summed E-state index contributed by atoms with van der Waals surface area (Å²) in [6.45, 7) is 5.54. The van der Waals surface area contributed by atoms with E-state index < -0.39 is 0 Å². The van der Waals surface area contributed by atoms with Crippen LogP contribution in [0.1, 0.15) is 11.3 Å². The number of fused-ring (bicyclic) bond motifs is 1. The second kappa shape index (κ2) is 5.58. The van der Waals surface area contributed by atoms with Crippen LogP contribution < -0.4 is 4.90 Å². The smallest absolute Gasteiger partial charge is 0.324 e. The second-order valence-electron chi connectivity index (χ2n) is 6.68. The molecule has 0 saturated carbocycles. The number of carbonyl (C=O) groups excluding carboxylic acids is 1. The Morgan fingerprint density at radius 3 is 2.52 bits per heavy atom. The van der Waals surface area contributed by atoms with E-state index in [1.807, 2.05) is 39.3 Å². The van der Waals surface area contributed by atoms with Gasteiger partial charge in [-0.2, -0.15) is 5.10 Å². The molecule has 0 spiro atoms. The van der Waals surface area contributed by atoms with Crippen LogP contribution in [0, 0.1) is 13.8 Å². The molecule has 2 aromatic heterocycles.